The molecular formula is C24H27F6N3O3S. The summed E-state index contributed by atoms with van der Waals surface area (Å²) in [6.45, 7) is 0.396. The average molecular weight is 552 g/mol. The number of alkyl halides is 6. The fraction of sp³-hybridized carbons (Fsp3) is 0.458. The highest BCUT2D eigenvalue weighted by atomic mass is 32.2. The summed E-state index contributed by atoms with van der Waals surface area (Å²) in [5.74, 6) is -1.32. The van der Waals surface area contributed by atoms with Crippen LogP contribution in [0.2, 0.25) is 0 Å². The number of halogens is 6. The fourth-order valence-corrected chi connectivity index (χ4v) is 5.51. The van der Waals surface area contributed by atoms with Crippen molar-refractivity contribution in [3.8, 4) is 0 Å². The number of nitrogens with one attached hydrogen (secondary N) is 1. The highest BCUT2D eigenvalue weighted by Gasteiger charge is 2.38. The molecular weight excluding hydrogens is 524 g/mol. The molecule has 1 amide bonds. The number of hydrogen-bond donors (Lipinski definition) is 2. The van der Waals surface area contributed by atoms with Crippen LogP contribution in [-0.2, 0) is 29.1 Å². The van der Waals surface area contributed by atoms with Gasteiger partial charge in [-0.15, -0.1) is 0 Å². The van der Waals surface area contributed by atoms with E-state index in [1.54, 1.807) is 35.1 Å². The predicted octanol–water partition coefficient (Wildman–Crippen LogP) is 4.97. The molecule has 3 N–H and O–H groups in total. The maximum atomic E-state index is 13.2. The van der Waals surface area contributed by atoms with E-state index >= 15 is 0 Å². The summed E-state index contributed by atoms with van der Waals surface area (Å²) in [6.07, 6.45) is -7.37. The Balaban J connectivity index is 1.88. The number of rotatable bonds is 8. The van der Waals surface area contributed by atoms with Gasteiger partial charge in [-0.1, -0.05) is 30.3 Å². The summed E-state index contributed by atoms with van der Waals surface area (Å²) in [5.41, 5.74) is 1.79. The molecule has 2 aromatic rings. The highest BCUT2D eigenvalue weighted by Crippen LogP contribution is 2.36. The van der Waals surface area contributed by atoms with E-state index in [9.17, 15) is 39.6 Å². The van der Waals surface area contributed by atoms with Crippen LogP contribution in [0.5, 0.6) is 0 Å². The third kappa shape index (κ3) is 7.92. The topological polar surface area (TPSA) is 92.5 Å². The number of benzene rings is 2. The van der Waals surface area contributed by atoms with Gasteiger partial charge in [0.2, 0.25) is 0 Å². The standard InChI is InChI=1S/C24H27F6N3O3S/c25-23(26,27)20-10-19(11-21(12-20)24(28,29)30)22(34)32-37(35,36)33(14-17-4-2-1-3-5-17)15-18-8-6-16(13-31)7-9-18/h1-5,10-12,16,18H,6-9,13-15,31H2,(H,32,34). The molecule has 6 nitrogen and oxygen atoms in total. The van der Waals surface area contributed by atoms with Crippen molar-refractivity contribution < 1.29 is 39.6 Å². The van der Waals surface area contributed by atoms with Gasteiger partial charge in [0.1, 0.15) is 0 Å². The second kappa shape index (κ2) is 11.4. The number of amides is 1. The summed E-state index contributed by atoms with van der Waals surface area (Å²) in [6, 6.07) is 8.68. The minimum absolute atomic E-state index is 0.0190. The van der Waals surface area contributed by atoms with Gasteiger partial charge in [-0.25, -0.2) is 4.72 Å². The number of carbonyl (C=O) groups excluding carboxylic acids is 1. The monoisotopic (exact) mass is 551 g/mol. The lowest BCUT2D eigenvalue weighted by Gasteiger charge is -2.32. The van der Waals surface area contributed by atoms with E-state index in [1.807, 2.05) is 0 Å². The second-order valence-corrected chi connectivity index (χ2v) is 10.8. The third-order valence-corrected chi connectivity index (χ3v) is 7.78. The molecule has 13 heteroatoms. The molecule has 2 aromatic carbocycles. The van der Waals surface area contributed by atoms with Crippen LogP contribution in [0, 0.1) is 11.8 Å². The molecule has 0 aromatic heterocycles. The summed E-state index contributed by atoms with van der Waals surface area (Å²) >= 11 is 0. The number of carbonyl (C=O) groups is 1. The molecule has 1 fully saturated rings. The molecule has 0 radical (unpaired) electrons. The zero-order valence-corrected chi connectivity index (χ0v) is 20.5. The lowest BCUT2D eigenvalue weighted by molar-refractivity contribution is -0.143. The molecule has 1 aliphatic rings. The smallest absolute Gasteiger partial charge is 0.330 e. The van der Waals surface area contributed by atoms with Crippen molar-refractivity contribution in [3.05, 3.63) is 70.8 Å². The van der Waals surface area contributed by atoms with Crippen molar-refractivity contribution in [1.29, 1.82) is 0 Å². The fourth-order valence-electron chi connectivity index (χ4n) is 4.30. The Bertz CT molecular complexity index is 1150. The zero-order chi connectivity index (χ0) is 27.4. The molecule has 0 aliphatic heterocycles. The summed E-state index contributed by atoms with van der Waals surface area (Å²) in [5, 5.41) is 0. The van der Waals surface area contributed by atoms with Crippen LogP contribution in [0.15, 0.2) is 48.5 Å². The first-order valence-corrected chi connectivity index (χ1v) is 13.0. The van der Waals surface area contributed by atoms with Gasteiger partial charge in [0.25, 0.3) is 5.91 Å². The van der Waals surface area contributed by atoms with Crippen molar-refractivity contribution in [2.75, 3.05) is 13.1 Å². The third-order valence-electron chi connectivity index (χ3n) is 6.37. The zero-order valence-electron chi connectivity index (χ0n) is 19.6. The summed E-state index contributed by atoms with van der Waals surface area (Å²) in [7, 11) is -4.64. The van der Waals surface area contributed by atoms with E-state index in [4.69, 9.17) is 5.73 Å². The van der Waals surface area contributed by atoms with Crippen LogP contribution in [-0.4, -0.2) is 31.7 Å². The molecule has 0 unspecified atom stereocenters. The first kappa shape index (κ1) is 28.9. The first-order chi connectivity index (χ1) is 17.2. The number of hydrogen-bond acceptors (Lipinski definition) is 4. The van der Waals surface area contributed by atoms with Crippen LogP contribution in [0.4, 0.5) is 26.3 Å². The Morgan fingerprint density at radius 1 is 0.892 bits per heavy atom. The van der Waals surface area contributed by atoms with Gasteiger partial charge in [0, 0.05) is 18.7 Å². The normalized spacial score (nSPS) is 19.1. The van der Waals surface area contributed by atoms with Gasteiger partial charge >= 0.3 is 22.6 Å². The Labute approximate surface area is 211 Å². The van der Waals surface area contributed by atoms with Crippen LogP contribution in [0.1, 0.15) is 52.7 Å². The molecule has 0 bridgehead atoms. The molecule has 0 heterocycles. The first-order valence-electron chi connectivity index (χ1n) is 11.5. The van der Waals surface area contributed by atoms with Gasteiger partial charge in [0.15, 0.2) is 0 Å². The van der Waals surface area contributed by atoms with Gasteiger partial charge in [0.05, 0.1) is 11.1 Å². The summed E-state index contributed by atoms with van der Waals surface area (Å²) in [4.78, 5) is 12.7. The van der Waals surface area contributed by atoms with Crippen LogP contribution in [0.25, 0.3) is 0 Å². The quantitative estimate of drug-likeness (QED) is 0.454. The van der Waals surface area contributed by atoms with Crippen molar-refractivity contribution in [2.45, 2.75) is 44.6 Å². The Morgan fingerprint density at radius 3 is 1.89 bits per heavy atom. The minimum Gasteiger partial charge on any atom is -0.330 e. The average Bonchev–Trinajstić information content (AvgIpc) is 2.83. The summed E-state index contributed by atoms with van der Waals surface area (Å²) < 4.78 is 108. The van der Waals surface area contributed by atoms with E-state index in [0.717, 1.165) is 17.1 Å². The van der Waals surface area contributed by atoms with E-state index in [1.165, 1.54) is 0 Å². The van der Waals surface area contributed by atoms with E-state index < -0.39 is 45.2 Å². The van der Waals surface area contributed by atoms with Crippen LogP contribution in [0.3, 0.4) is 0 Å². The number of nitrogens with two attached hydrogens (primary N) is 1. The van der Waals surface area contributed by atoms with Gasteiger partial charge < -0.3 is 5.73 Å². The van der Waals surface area contributed by atoms with Crippen molar-refractivity contribution in [1.82, 2.24) is 9.03 Å². The van der Waals surface area contributed by atoms with Crippen molar-refractivity contribution >= 4 is 16.1 Å². The van der Waals surface area contributed by atoms with E-state index in [-0.39, 0.29) is 37.2 Å². The SMILES string of the molecule is NCC1CCC(CN(Cc2ccccc2)S(=O)(=O)NC(=O)c2cc(C(F)(F)F)cc(C(F)(F)F)c2)CC1. The van der Waals surface area contributed by atoms with Gasteiger partial charge in [-0.2, -0.15) is 39.1 Å². The highest BCUT2D eigenvalue weighted by molar-refractivity contribution is 7.87. The Hall–Kier alpha value is -2.64. The Kier molecular flexibility index (Phi) is 8.91. The second-order valence-electron chi connectivity index (χ2n) is 9.13. The van der Waals surface area contributed by atoms with Gasteiger partial charge in [-0.05, 0) is 67.8 Å². The largest absolute Gasteiger partial charge is 0.416 e. The van der Waals surface area contributed by atoms with Crippen molar-refractivity contribution in [3.63, 3.8) is 0 Å². The van der Waals surface area contributed by atoms with Crippen molar-refractivity contribution in [2.24, 2.45) is 17.6 Å². The lowest BCUT2D eigenvalue weighted by atomic mass is 9.82. The van der Waals surface area contributed by atoms with E-state index in [0.29, 0.717) is 30.9 Å². The molecule has 0 spiro atoms. The maximum Gasteiger partial charge on any atom is 0.416 e. The predicted molar refractivity (Wildman–Crippen MR) is 124 cm³/mol. The van der Waals surface area contributed by atoms with Crippen LogP contribution >= 0.6 is 0 Å². The molecule has 0 saturated heterocycles. The molecule has 204 valence electrons. The maximum absolute atomic E-state index is 13.2. The van der Waals surface area contributed by atoms with Crippen LogP contribution < -0.4 is 10.5 Å². The Morgan fingerprint density at radius 2 is 1.41 bits per heavy atom. The molecule has 0 atom stereocenters. The lowest BCUT2D eigenvalue weighted by Crippen LogP contribution is -2.45. The minimum atomic E-state index is -5.18. The number of nitrogens with zero attached hydrogens (tertiary/aromatic N) is 1. The van der Waals surface area contributed by atoms with E-state index in [2.05, 4.69) is 0 Å². The van der Waals surface area contributed by atoms with Gasteiger partial charge in [-0.3, -0.25) is 4.79 Å². The molecule has 37 heavy (non-hydrogen) atoms. The molecule has 1 saturated carbocycles. The molecule has 1 aliphatic carbocycles. The molecule has 3 rings (SSSR count).